The summed E-state index contributed by atoms with van der Waals surface area (Å²) in [6.45, 7) is 0.411. The molecule has 122 valence electrons. The SMILES string of the molecule is O=C(NCC1(Cc2ccc(F)cc2F)CCC1)c1cc(=O)[nH]s1. The zero-order valence-corrected chi connectivity index (χ0v) is 13.1. The summed E-state index contributed by atoms with van der Waals surface area (Å²) in [6.07, 6.45) is 3.25. The summed E-state index contributed by atoms with van der Waals surface area (Å²) >= 11 is 0.991. The van der Waals surface area contributed by atoms with Gasteiger partial charge in [0.15, 0.2) is 0 Å². The molecule has 7 heteroatoms. The second-order valence-corrected chi connectivity index (χ2v) is 6.87. The monoisotopic (exact) mass is 338 g/mol. The predicted octanol–water partition coefficient (Wildman–Crippen LogP) is 2.86. The molecule has 0 saturated heterocycles. The molecule has 1 aliphatic rings. The maximum atomic E-state index is 13.8. The van der Waals surface area contributed by atoms with Crippen molar-refractivity contribution in [1.29, 1.82) is 0 Å². The Balaban J connectivity index is 1.66. The van der Waals surface area contributed by atoms with Crippen LogP contribution in [0.3, 0.4) is 0 Å². The minimum atomic E-state index is -0.593. The number of amides is 1. The number of carbonyl (C=O) groups is 1. The maximum Gasteiger partial charge on any atom is 0.263 e. The van der Waals surface area contributed by atoms with Crippen LogP contribution in [0.1, 0.15) is 34.5 Å². The van der Waals surface area contributed by atoms with Crippen molar-refractivity contribution in [3.05, 3.63) is 56.7 Å². The number of aromatic amines is 1. The van der Waals surface area contributed by atoms with Crippen molar-refractivity contribution in [2.24, 2.45) is 5.41 Å². The highest BCUT2D eigenvalue weighted by atomic mass is 32.1. The number of hydrogen-bond donors (Lipinski definition) is 2. The van der Waals surface area contributed by atoms with Crippen LogP contribution in [-0.4, -0.2) is 16.8 Å². The van der Waals surface area contributed by atoms with Gasteiger partial charge in [-0.1, -0.05) is 24.0 Å². The molecule has 1 aliphatic carbocycles. The number of aromatic nitrogens is 1. The second-order valence-electron chi connectivity index (χ2n) is 6.03. The van der Waals surface area contributed by atoms with E-state index in [0.717, 1.165) is 36.9 Å². The molecule has 1 aromatic heterocycles. The van der Waals surface area contributed by atoms with E-state index in [1.807, 2.05) is 0 Å². The van der Waals surface area contributed by atoms with Gasteiger partial charge in [0.2, 0.25) is 0 Å². The molecule has 1 heterocycles. The number of rotatable bonds is 5. The topological polar surface area (TPSA) is 62.0 Å². The summed E-state index contributed by atoms with van der Waals surface area (Å²) in [7, 11) is 0. The van der Waals surface area contributed by atoms with Gasteiger partial charge in [-0.05, 0) is 36.3 Å². The fourth-order valence-corrected chi connectivity index (χ4v) is 3.51. The lowest BCUT2D eigenvalue weighted by Crippen LogP contribution is -2.43. The van der Waals surface area contributed by atoms with E-state index in [1.165, 1.54) is 18.2 Å². The predicted molar refractivity (Wildman–Crippen MR) is 83.6 cm³/mol. The molecule has 23 heavy (non-hydrogen) atoms. The van der Waals surface area contributed by atoms with Gasteiger partial charge in [-0.3, -0.25) is 14.0 Å². The van der Waals surface area contributed by atoms with E-state index in [2.05, 4.69) is 9.69 Å². The van der Waals surface area contributed by atoms with Crippen molar-refractivity contribution in [2.75, 3.05) is 6.54 Å². The zero-order chi connectivity index (χ0) is 16.4. The highest BCUT2D eigenvalue weighted by Gasteiger charge is 2.38. The second kappa shape index (κ2) is 6.23. The van der Waals surface area contributed by atoms with Crippen molar-refractivity contribution in [3.8, 4) is 0 Å². The number of hydrogen-bond acceptors (Lipinski definition) is 3. The van der Waals surface area contributed by atoms with Gasteiger partial charge in [0.05, 0.1) is 0 Å². The summed E-state index contributed by atoms with van der Waals surface area (Å²) in [5, 5.41) is 2.82. The number of carbonyl (C=O) groups excluding carboxylic acids is 1. The first-order valence-corrected chi connectivity index (χ1v) is 8.20. The summed E-state index contributed by atoms with van der Waals surface area (Å²) < 4.78 is 29.3. The minimum absolute atomic E-state index is 0.199. The molecule has 0 bridgehead atoms. The van der Waals surface area contributed by atoms with Crippen molar-refractivity contribution in [1.82, 2.24) is 9.69 Å². The van der Waals surface area contributed by atoms with Crippen molar-refractivity contribution >= 4 is 17.4 Å². The van der Waals surface area contributed by atoms with Crippen LogP contribution < -0.4 is 10.9 Å². The third-order valence-electron chi connectivity index (χ3n) is 4.37. The standard InChI is InChI=1S/C16H16F2N2O2S/c17-11-3-2-10(12(18)6-11)8-16(4-1-5-16)9-19-15(22)13-7-14(21)20-23-13/h2-3,6-7H,1,4-5,8-9H2,(H,19,22)(H,20,21). The third-order valence-corrected chi connectivity index (χ3v) is 5.19. The lowest BCUT2D eigenvalue weighted by Gasteiger charge is -2.42. The Labute approximate surface area is 135 Å². The molecule has 1 aromatic carbocycles. The van der Waals surface area contributed by atoms with Crippen LogP contribution >= 0.6 is 11.5 Å². The molecule has 0 radical (unpaired) electrons. The van der Waals surface area contributed by atoms with Crippen LogP contribution in [0.15, 0.2) is 29.1 Å². The molecule has 0 atom stereocenters. The van der Waals surface area contributed by atoms with Crippen LogP contribution in [0, 0.1) is 17.0 Å². The highest BCUT2D eigenvalue weighted by Crippen LogP contribution is 2.43. The molecule has 0 unspecified atom stereocenters. The zero-order valence-electron chi connectivity index (χ0n) is 12.3. The van der Waals surface area contributed by atoms with Crippen LogP contribution in [0.5, 0.6) is 0 Å². The summed E-state index contributed by atoms with van der Waals surface area (Å²) in [5.41, 5.74) is -0.0335. The molecule has 2 N–H and O–H groups in total. The average Bonchev–Trinajstić information content (AvgIpc) is 2.90. The third kappa shape index (κ3) is 3.50. The van der Waals surface area contributed by atoms with Crippen LogP contribution in [0.4, 0.5) is 8.78 Å². The van der Waals surface area contributed by atoms with Crippen LogP contribution in [0.2, 0.25) is 0 Å². The summed E-state index contributed by atoms with van der Waals surface area (Å²) in [4.78, 5) is 23.4. The van der Waals surface area contributed by atoms with Crippen molar-refractivity contribution in [3.63, 3.8) is 0 Å². The van der Waals surface area contributed by atoms with Gasteiger partial charge in [-0.25, -0.2) is 8.78 Å². The molecule has 1 amide bonds. The van der Waals surface area contributed by atoms with Gasteiger partial charge in [-0.15, -0.1) is 0 Å². The molecule has 0 spiro atoms. The summed E-state index contributed by atoms with van der Waals surface area (Å²) in [6, 6.07) is 4.86. The quantitative estimate of drug-likeness (QED) is 0.881. The fourth-order valence-electron chi connectivity index (χ4n) is 2.91. The lowest BCUT2D eigenvalue weighted by atomic mass is 9.65. The number of halogens is 2. The van der Waals surface area contributed by atoms with Gasteiger partial charge in [0, 0.05) is 18.7 Å². The lowest BCUT2D eigenvalue weighted by molar-refractivity contribution is 0.0861. The Morgan fingerprint density at radius 1 is 1.30 bits per heavy atom. The van der Waals surface area contributed by atoms with E-state index in [9.17, 15) is 18.4 Å². The Morgan fingerprint density at radius 2 is 2.09 bits per heavy atom. The highest BCUT2D eigenvalue weighted by molar-refractivity contribution is 7.08. The van der Waals surface area contributed by atoms with Gasteiger partial charge in [0.25, 0.3) is 11.5 Å². The van der Waals surface area contributed by atoms with Gasteiger partial charge < -0.3 is 5.32 Å². The minimum Gasteiger partial charge on any atom is -0.351 e. The number of nitrogens with one attached hydrogen (secondary N) is 2. The summed E-state index contributed by atoms with van der Waals surface area (Å²) in [5.74, 6) is -1.45. The first kappa shape index (κ1) is 15.9. The fraction of sp³-hybridized carbons (Fsp3) is 0.375. The normalized spacial score (nSPS) is 15.9. The molecule has 4 nitrogen and oxygen atoms in total. The van der Waals surface area contributed by atoms with Crippen molar-refractivity contribution < 1.29 is 13.6 Å². The van der Waals surface area contributed by atoms with Crippen LogP contribution in [-0.2, 0) is 6.42 Å². The Kier molecular flexibility index (Phi) is 4.30. The first-order valence-electron chi connectivity index (χ1n) is 7.38. The molecule has 1 saturated carbocycles. The Morgan fingerprint density at radius 3 is 2.65 bits per heavy atom. The smallest absolute Gasteiger partial charge is 0.263 e. The van der Waals surface area contributed by atoms with Gasteiger partial charge >= 0.3 is 0 Å². The molecular formula is C16H16F2N2O2S. The van der Waals surface area contributed by atoms with E-state index >= 15 is 0 Å². The molecule has 2 aromatic rings. The van der Waals surface area contributed by atoms with Gasteiger partial charge in [-0.2, -0.15) is 0 Å². The number of benzene rings is 1. The molecule has 0 aliphatic heterocycles. The van der Waals surface area contributed by atoms with E-state index in [0.29, 0.717) is 23.4 Å². The molecule has 3 rings (SSSR count). The first-order chi connectivity index (χ1) is 11.0. The van der Waals surface area contributed by atoms with Crippen LogP contribution in [0.25, 0.3) is 0 Å². The maximum absolute atomic E-state index is 13.8. The van der Waals surface area contributed by atoms with E-state index in [4.69, 9.17) is 0 Å². The van der Waals surface area contributed by atoms with E-state index in [1.54, 1.807) is 0 Å². The Bertz CT molecular complexity index is 780. The Hall–Kier alpha value is -2.02. The molecule has 1 fully saturated rings. The largest absolute Gasteiger partial charge is 0.351 e. The van der Waals surface area contributed by atoms with E-state index in [-0.39, 0.29) is 16.9 Å². The molecular weight excluding hydrogens is 322 g/mol. The van der Waals surface area contributed by atoms with Gasteiger partial charge in [0.1, 0.15) is 16.5 Å². The number of H-pyrrole nitrogens is 1. The van der Waals surface area contributed by atoms with E-state index < -0.39 is 11.6 Å². The van der Waals surface area contributed by atoms with Crippen molar-refractivity contribution in [2.45, 2.75) is 25.7 Å². The average molecular weight is 338 g/mol.